The number of fused-ring (bicyclic) bond motifs is 1. The molecule has 4 amide bonds. The van der Waals surface area contributed by atoms with Crippen molar-refractivity contribution in [3.63, 3.8) is 0 Å². The number of nitrogens with one attached hydrogen (secondary N) is 3. The smallest absolute Gasteiger partial charge is 0.255 e. The van der Waals surface area contributed by atoms with E-state index in [1.54, 1.807) is 6.07 Å². The molecule has 0 spiro atoms. The first kappa shape index (κ1) is 21.0. The van der Waals surface area contributed by atoms with E-state index in [2.05, 4.69) is 22.9 Å². The summed E-state index contributed by atoms with van der Waals surface area (Å²) >= 11 is 0. The highest BCUT2D eigenvalue weighted by Gasteiger charge is 2.38. The summed E-state index contributed by atoms with van der Waals surface area (Å²) in [5.41, 5.74) is 2.33. The van der Waals surface area contributed by atoms with Crippen LogP contribution >= 0.6 is 0 Å². The lowest BCUT2D eigenvalue weighted by molar-refractivity contribution is -0.137. The zero-order valence-corrected chi connectivity index (χ0v) is 16.8. The van der Waals surface area contributed by atoms with Gasteiger partial charge in [-0.05, 0) is 49.5 Å². The molecule has 2 heterocycles. The van der Waals surface area contributed by atoms with Crippen LogP contribution in [0, 0.1) is 0 Å². The van der Waals surface area contributed by atoms with Crippen LogP contribution in [0.15, 0.2) is 18.2 Å². The Balaban J connectivity index is 1.52. The first-order valence-electron chi connectivity index (χ1n) is 10.2. The molecule has 1 atom stereocenters. The molecule has 1 aromatic rings. The predicted molar refractivity (Wildman–Crippen MR) is 107 cm³/mol. The Hall–Kier alpha value is -2.74. The van der Waals surface area contributed by atoms with E-state index < -0.39 is 11.9 Å². The van der Waals surface area contributed by atoms with Gasteiger partial charge >= 0.3 is 0 Å². The molecule has 1 unspecified atom stereocenters. The third-order valence-electron chi connectivity index (χ3n) is 5.26. The molecule has 0 aromatic heterocycles. The molecule has 1 aromatic carbocycles. The topological polar surface area (TPSA) is 108 Å². The van der Waals surface area contributed by atoms with Gasteiger partial charge in [0.2, 0.25) is 17.7 Å². The summed E-state index contributed by atoms with van der Waals surface area (Å²) in [7, 11) is 0. The van der Waals surface area contributed by atoms with Crippen LogP contribution in [0.4, 0.5) is 0 Å². The van der Waals surface area contributed by atoms with Crippen LogP contribution in [-0.4, -0.2) is 47.7 Å². The molecular formula is C21H28N4O4. The van der Waals surface area contributed by atoms with Gasteiger partial charge in [-0.2, -0.15) is 0 Å². The summed E-state index contributed by atoms with van der Waals surface area (Å²) in [4.78, 5) is 49.6. The lowest BCUT2D eigenvalue weighted by Crippen LogP contribution is -2.52. The summed E-state index contributed by atoms with van der Waals surface area (Å²) < 4.78 is 0. The van der Waals surface area contributed by atoms with Crippen molar-refractivity contribution >= 4 is 23.6 Å². The number of nitrogens with zero attached hydrogens (tertiary/aromatic N) is 1. The van der Waals surface area contributed by atoms with Crippen molar-refractivity contribution in [1.82, 2.24) is 20.9 Å². The largest absolute Gasteiger partial charge is 0.352 e. The van der Waals surface area contributed by atoms with E-state index in [1.807, 2.05) is 12.1 Å². The molecule has 0 radical (unpaired) electrons. The Morgan fingerprint density at radius 1 is 1.24 bits per heavy atom. The van der Waals surface area contributed by atoms with Crippen LogP contribution in [0.25, 0.3) is 0 Å². The van der Waals surface area contributed by atoms with Crippen molar-refractivity contribution in [3.8, 4) is 0 Å². The molecule has 8 heteroatoms. The van der Waals surface area contributed by atoms with Gasteiger partial charge in [0, 0.05) is 31.5 Å². The van der Waals surface area contributed by atoms with Crippen LogP contribution in [0.3, 0.4) is 0 Å². The first-order chi connectivity index (χ1) is 14.0. The lowest BCUT2D eigenvalue weighted by Gasteiger charge is -2.29. The van der Waals surface area contributed by atoms with Crippen molar-refractivity contribution in [2.75, 3.05) is 13.1 Å². The van der Waals surface area contributed by atoms with Crippen LogP contribution in [-0.2, 0) is 27.5 Å². The second-order valence-corrected chi connectivity index (χ2v) is 7.52. The fourth-order valence-electron chi connectivity index (χ4n) is 3.70. The minimum absolute atomic E-state index is 0.00467. The normalized spacial score (nSPS) is 18.6. The fraction of sp³-hybridized carbons (Fsp3) is 0.524. The van der Waals surface area contributed by atoms with Crippen LogP contribution in [0.2, 0.25) is 0 Å². The van der Waals surface area contributed by atoms with Gasteiger partial charge in [-0.3, -0.25) is 24.5 Å². The standard InChI is InChI=1S/C21H28N4O4/c1-2-9-22-10-3-4-18(26)23-12-14-5-6-16-15(11-14)13-25(21(16)29)17-7-8-19(27)24-20(17)28/h5-6,11,17,22H,2-4,7-10,12-13H2,1H3,(H,23,26)(H,24,27,28). The van der Waals surface area contributed by atoms with Crippen molar-refractivity contribution in [2.45, 2.75) is 58.2 Å². The summed E-state index contributed by atoms with van der Waals surface area (Å²) in [5, 5.41) is 8.48. The summed E-state index contributed by atoms with van der Waals surface area (Å²) in [5.74, 6) is -0.896. The quantitative estimate of drug-likeness (QED) is 0.421. The highest BCUT2D eigenvalue weighted by molar-refractivity contribution is 6.05. The number of imide groups is 1. The fourth-order valence-corrected chi connectivity index (χ4v) is 3.70. The Kier molecular flexibility index (Phi) is 6.98. The number of benzene rings is 1. The van der Waals surface area contributed by atoms with E-state index in [-0.39, 0.29) is 24.1 Å². The van der Waals surface area contributed by atoms with Gasteiger partial charge < -0.3 is 15.5 Å². The number of amides is 4. The van der Waals surface area contributed by atoms with Gasteiger partial charge in [-0.25, -0.2) is 0 Å². The SMILES string of the molecule is CCCNCCCC(=O)NCc1ccc2c(c1)CN(C1CCC(=O)NC1=O)C2=O. The molecular weight excluding hydrogens is 372 g/mol. The minimum atomic E-state index is -0.614. The first-order valence-corrected chi connectivity index (χ1v) is 10.2. The van der Waals surface area contributed by atoms with E-state index in [4.69, 9.17) is 0 Å². The number of hydrogen-bond acceptors (Lipinski definition) is 5. The number of piperidine rings is 1. The van der Waals surface area contributed by atoms with Crippen LogP contribution in [0.1, 0.15) is 60.5 Å². The molecule has 0 saturated carbocycles. The van der Waals surface area contributed by atoms with E-state index in [0.29, 0.717) is 31.5 Å². The molecule has 1 saturated heterocycles. The maximum absolute atomic E-state index is 12.7. The van der Waals surface area contributed by atoms with Crippen molar-refractivity contribution in [1.29, 1.82) is 0 Å². The second-order valence-electron chi connectivity index (χ2n) is 7.52. The van der Waals surface area contributed by atoms with Crippen molar-refractivity contribution < 1.29 is 19.2 Å². The molecule has 2 aliphatic heterocycles. The van der Waals surface area contributed by atoms with E-state index >= 15 is 0 Å². The van der Waals surface area contributed by atoms with E-state index in [1.165, 1.54) is 4.90 Å². The minimum Gasteiger partial charge on any atom is -0.352 e. The maximum atomic E-state index is 12.7. The number of carbonyl (C=O) groups excluding carboxylic acids is 4. The van der Waals surface area contributed by atoms with Gasteiger partial charge in [0.05, 0.1) is 0 Å². The molecule has 3 rings (SSSR count). The van der Waals surface area contributed by atoms with Gasteiger partial charge in [-0.15, -0.1) is 0 Å². The summed E-state index contributed by atoms with van der Waals surface area (Å²) in [6.07, 6.45) is 2.94. The zero-order chi connectivity index (χ0) is 20.8. The molecule has 29 heavy (non-hydrogen) atoms. The van der Waals surface area contributed by atoms with Gasteiger partial charge in [0.25, 0.3) is 5.91 Å². The Morgan fingerprint density at radius 2 is 2.07 bits per heavy atom. The molecule has 1 fully saturated rings. The Bertz CT molecular complexity index is 808. The summed E-state index contributed by atoms with van der Waals surface area (Å²) in [6.45, 7) is 4.64. The summed E-state index contributed by atoms with van der Waals surface area (Å²) in [6, 6.07) is 4.87. The number of rotatable bonds is 9. The third kappa shape index (κ3) is 5.20. The molecule has 2 aliphatic rings. The van der Waals surface area contributed by atoms with Gasteiger partial charge in [0.15, 0.2) is 0 Å². The Morgan fingerprint density at radius 3 is 2.83 bits per heavy atom. The lowest BCUT2D eigenvalue weighted by atomic mass is 10.0. The average molecular weight is 400 g/mol. The van der Waals surface area contributed by atoms with E-state index in [9.17, 15) is 19.2 Å². The molecule has 0 aliphatic carbocycles. The zero-order valence-electron chi connectivity index (χ0n) is 16.8. The third-order valence-corrected chi connectivity index (χ3v) is 5.26. The number of hydrogen-bond donors (Lipinski definition) is 3. The predicted octanol–water partition coefficient (Wildman–Crippen LogP) is 0.844. The molecule has 156 valence electrons. The monoisotopic (exact) mass is 400 g/mol. The molecule has 0 bridgehead atoms. The van der Waals surface area contributed by atoms with E-state index in [0.717, 1.165) is 37.1 Å². The van der Waals surface area contributed by atoms with Crippen LogP contribution < -0.4 is 16.0 Å². The maximum Gasteiger partial charge on any atom is 0.255 e. The second kappa shape index (κ2) is 9.65. The van der Waals surface area contributed by atoms with Crippen molar-refractivity contribution in [3.05, 3.63) is 34.9 Å². The molecule has 8 nitrogen and oxygen atoms in total. The van der Waals surface area contributed by atoms with Crippen LogP contribution in [0.5, 0.6) is 0 Å². The van der Waals surface area contributed by atoms with Gasteiger partial charge in [0.1, 0.15) is 6.04 Å². The highest BCUT2D eigenvalue weighted by atomic mass is 16.2. The highest BCUT2D eigenvalue weighted by Crippen LogP contribution is 2.28. The van der Waals surface area contributed by atoms with Crippen molar-refractivity contribution in [2.24, 2.45) is 0 Å². The number of carbonyl (C=O) groups is 4. The molecule has 3 N–H and O–H groups in total. The average Bonchev–Trinajstić information content (AvgIpc) is 3.02. The van der Waals surface area contributed by atoms with Gasteiger partial charge in [-0.1, -0.05) is 19.1 Å². The Labute approximate surface area is 170 Å².